The van der Waals surface area contributed by atoms with Gasteiger partial charge in [-0.2, -0.15) is 0 Å². The fraction of sp³-hybridized carbons (Fsp3) is 0.444. The molecule has 1 N–H and O–H groups in total. The molecule has 10 heteroatoms. The summed E-state index contributed by atoms with van der Waals surface area (Å²) in [7, 11) is 0. The van der Waals surface area contributed by atoms with Crippen LogP contribution in [-0.2, 0) is 23.9 Å². The Balaban J connectivity index is 1.50. The Bertz CT molecular complexity index is 776. The number of halogens is 3. The van der Waals surface area contributed by atoms with Gasteiger partial charge in [-0.05, 0) is 37.1 Å². The summed E-state index contributed by atoms with van der Waals surface area (Å²) in [5, 5.41) is 2.45. The molecule has 0 spiro atoms. The van der Waals surface area contributed by atoms with Crippen molar-refractivity contribution in [2.75, 3.05) is 18.5 Å². The first-order valence-electron chi connectivity index (χ1n) is 8.60. The van der Waals surface area contributed by atoms with E-state index in [2.05, 4.69) is 37.2 Å². The molecule has 1 aromatic carbocycles. The van der Waals surface area contributed by atoms with Crippen molar-refractivity contribution < 1.29 is 28.3 Å². The number of amides is 3. The maximum Gasteiger partial charge on any atom is 0.326 e. The van der Waals surface area contributed by atoms with Crippen molar-refractivity contribution in [1.29, 1.82) is 0 Å². The van der Waals surface area contributed by atoms with E-state index in [1.807, 2.05) is 0 Å². The molecule has 1 aliphatic heterocycles. The molecule has 1 saturated carbocycles. The number of anilines is 1. The number of benzene rings is 1. The van der Waals surface area contributed by atoms with Crippen LogP contribution in [0, 0.1) is 17.7 Å². The van der Waals surface area contributed by atoms with Gasteiger partial charge in [0.1, 0.15) is 12.4 Å². The second-order valence-corrected chi connectivity index (χ2v) is 9.05. The number of likely N-dealkylation sites (tertiary alicyclic amines) is 1. The first-order chi connectivity index (χ1) is 13.3. The third kappa shape index (κ3) is 4.60. The van der Waals surface area contributed by atoms with E-state index in [1.165, 1.54) is 24.3 Å². The normalized spacial score (nSPS) is 26.8. The Morgan fingerprint density at radius 1 is 1.07 bits per heavy atom. The smallest absolute Gasteiger partial charge is 0.326 e. The van der Waals surface area contributed by atoms with Crippen molar-refractivity contribution in [1.82, 2.24) is 4.90 Å². The summed E-state index contributed by atoms with van der Waals surface area (Å²) < 4.78 is 17.7. The molecule has 0 bridgehead atoms. The Labute approximate surface area is 177 Å². The highest BCUT2D eigenvalue weighted by Crippen LogP contribution is 2.43. The molecule has 1 heterocycles. The molecule has 28 heavy (non-hydrogen) atoms. The number of carbonyl (C=O) groups excluding carboxylic acids is 4. The van der Waals surface area contributed by atoms with Crippen LogP contribution in [0.15, 0.2) is 24.3 Å². The lowest BCUT2D eigenvalue weighted by molar-refractivity contribution is -0.154. The monoisotopic (exact) mass is 518 g/mol. The predicted molar refractivity (Wildman–Crippen MR) is 104 cm³/mol. The lowest BCUT2D eigenvalue weighted by Gasteiger charge is -2.29. The van der Waals surface area contributed by atoms with Crippen molar-refractivity contribution in [2.24, 2.45) is 11.8 Å². The number of hydrogen-bond donors (Lipinski definition) is 1. The number of nitrogens with zero attached hydrogens (tertiary/aromatic N) is 1. The van der Waals surface area contributed by atoms with Crippen molar-refractivity contribution >= 4 is 61.2 Å². The highest BCUT2D eigenvalue weighted by molar-refractivity contribution is 9.12. The third-order valence-electron chi connectivity index (χ3n) is 4.78. The van der Waals surface area contributed by atoms with Gasteiger partial charge in [0, 0.05) is 15.3 Å². The van der Waals surface area contributed by atoms with E-state index in [4.69, 9.17) is 4.74 Å². The zero-order valence-corrected chi connectivity index (χ0v) is 17.7. The minimum atomic E-state index is -0.847. The molecule has 1 aliphatic carbocycles. The SMILES string of the molecule is O=C(COC(=O)CN1C(=O)[C@@H]2C[C@@H](Br)[C@@H](Br)C[C@H]2C1=O)Nc1ccc(F)cc1. The molecule has 0 unspecified atom stereocenters. The molecule has 0 radical (unpaired) electrons. The van der Waals surface area contributed by atoms with Crippen LogP contribution >= 0.6 is 31.9 Å². The molecular formula is C18H17Br2FN2O5. The van der Waals surface area contributed by atoms with E-state index in [-0.39, 0.29) is 21.5 Å². The van der Waals surface area contributed by atoms with E-state index in [0.717, 1.165) is 4.90 Å². The number of hydrogen-bond acceptors (Lipinski definition) is 5. The van der Waals surface area contributed by atoms with Gasteiger partial charge in [-0.3, -0.25) is 24.1 Å². The number of rotatable bonds is 5. The fourth-order valence-corrected chi connectivity index (χ4v) is 4.61. The molecule has 0 aromatic heterocycles. The summed E-state index contributed by atoms with van der Waals surface area (Å²) >= 11 is 6.99. The van der Waals surface area contributed by atoms with Gasteiger partial charge in [0.2, 0.25) is 11.8 Å². The molecule has 2 fully saturated rings. The standard InChI is InChI=1S/C18H17Br2FN2O5/c19-13-5-11-12(6-14(13)20)18(27)23(17(11)26)7-16(25)28-8-15(24)22-10-3-1-9(21)2-4-10/h1-4,11-14H,5-8H2,(H,22,24)/t11-,12-,13-,14+/m1/s1. The maximum absolute atomic E-state index is 12.8. The van der Waals surface area contributed by atoms with Crippen LogP contribution in [0.4, 0.5) is 10.1 Å². The number of esters is 1. The molecular weight excluding hydrogens is 503 g/mol. The summed E-state index contributed by atoms with van der Waals surface area (Å²) in [5.41, 5.74) is 0.352. The molecule has 3 amide bonds. The van der Waals surface area contributed by atoms with Crippen molar-refractivity contribution in [3.8, 4) is 0 Å². The van der Waals surface area contributed by atoms with E-state index in [9.17, 15) is 23.6 Å². The Kier molecular flexibility index (Phi) is 6.49. The maximum atomic E-state index is 12.8. The van der Waals surface area contributed by atoms with Crippen LogP contribution in [-0.4, -0.2) is 51.4 Å². The Hall–Kier alpha value is -1.81. The number of carbonyl (C=O) groups is 4. The summed E-state index contributed by atoms with van der Waals surface area (Å²) in [6.45, 7) is -1.10. The number of fused-ring (bicyclic) bond motifs is 1. The lowest BCUT2D eigenvalue weighted by atomic mass is 9.81. The van der Waals surface area contributed by atoms with Crippen LogP contribution in [0.5, 0.6) is 0 Å². The zero-order chi connectivity index (χ0) is 20.4. The molecule has 1 saturated heterocycles. The summed E-state index contributed by atoms with van der Waals surface area (Å²) in [5.74, 6) is -3.56. The van der Waals surface area contributed by atoms with E-state index in [0.29, 0.717) is 18.5 Å². The fourth-order valence-electron chi connectivity index (χ4n) is 3.37. The minimum Gasteiger partial charge on any atom is -0.454 e. The molecule has 3 rings (SSSR count). The van der Waals surface area contributed by atoms with Crippen molar-refractivity contribution in [3.05, 3.63) is 30.1 Å². The zero-order valence-electron chi connectivity index (χ0n) is 14.6. The molecule has 150 valence electrons. The quantitative estimate of drug-likeness (QED) is 0.366. The molecule has 4 atom stereocenters. The minimum absolute atomic E-state index is 0.0764. The van der Waals surface area contributed by atoms with Crippen LogP contribution in [0.1, 0.15) is 12.8 Å². The number of imide groups is 1. The number of nitrogens with one attached hydrogen (secondary N) is 1. The van der Waals surface area contributed by atoms with Gasteiger partial charge >= 0.3 is 5.97 Å². The van der Waals surface area contributed by atoms with Gasteiger partial charge in [0.05, 0.1) is 11.8 Å². The van der Waals surface area contributed by atoms with Crippen LogP contribution in [0.2, 0.25) is 0 Å². The van der Waals surface area contributed by atoms with Crippen LogP contribution < -0.4 is 5.32 Å². The largest absolute Gasteiger partial charge is 0.454 e. The second kappa shape index (κ2) is 8.69. The van der Waals surface area contributed by atoms with E-state index < -0.39 is 42.7 Å². The van der Waals surface area contributed by atoms with E-state index >= 15 is 0 Å². The van der Waals surface area contributed by atoms with Gasteiger partial charge in [-0.15, -0.1) is 0 Å². The van der Waals surface area contributed by atoms with Crippen LogP contribution in [0.25, 0.3) is 0 Å². The second-order valence-electron chi connectivity index (χ2n) is 6.69. The third-order valence-corrected chi connectivity index (χ3v) is 7.52. The predicted octanol–water partition coefficient (Wildman–Crippen LogP) is 2.23. The number of ether oxygens (including phenoxy) is 1. The van der Waals surface area contributed by atoms with Crippen molar-refractivity contribution in [3.63, 3.8) is 0 Å². The molecule has 1 aromatic rings. The Morgan fingerprint density at radius 3 is 2.14 bits per heavy atom. The average molecular weight is 520 g/mol. The van der Waals surface area contributed by atoms with Crippen LogP contribution in [0.3, 0.4) is 0 Å². The number of alkyl halides is 2. The Morgan fingerprint density at radius 2 is 1.61 bits per heavy atom. The first kappa shape index (κ1) is 20.9. The average Bonchev–Trinajstić information content (AvgIpc) is 2.87. The van der Waals surface area contributed by atoms with Gasteiger partial charge in [-0.25, -0.2) is 4.39 Å². The van der Waals surface area contributed by atoms with Gasteiger partial charge in [0.25, 0.3) is 5.91 Å². The summed E-state index contributed by atoms with van der Waals surface area (Å²) in [6.07, 6.45) is 1.02. The van der Waals surface area contributed by atoms with E-state index in [1.54, 1.807) is 0 Å². The van der Waals surface area contributed by atoms with Gasteiger partial charge in [0.15, 0.2) is 6.61 Å². The highest BCUT2D eigenvalue weighted by atomic mass is 79.9. The molecule has 2 aliphatic rings. The highest BCUT2D eigenvalue weighted by Gasteiger charge is 2.52. The molecule has 7 nitrogen and oxygen atoms in total. The van der Waals surface area contributed by atoms with Crippen molar-refractivity contribution in [2.45, 2.75) is 22.5 Å². The summed E-state index contributed by atoms with van der Waals surface area (Å²) in [6, 6.07) is 5.10. The van der Waals surface area contributed by atoms with Gasteiger partial charge < -0.3 is 10.1 Å². The summed E-state index contributed by atoms with van der Waals surface area (Å²) in [4.78, 5) is 49.9. The first-order valence-corrected chi connectivity index (χ1v) is 10.4. The lowest BCUT2D eigenvalue weighted by Crippen LogP contribution is -2.37. The van der Waals surface area contributed by atoms with Gasteiger partial charge in [-0.1, -0.05) is 31.9 Å². The topological polar surface area (TPSA) is 92.8 Å².